The average Bonchev–Trinajstić information content (AvgIpc) is 2.72. The molecule has 3 heterocycles. The van der Waals surface area contributed by atoms with Gasteiger partial charge in [-0.15, -0.1) is 0 Å². The van der Waals surface area contributed by atoms with Crippen molar-refractivity contribution in [3.63, 3.8) is 0 Å². The van der Waals surface area contributed by atoms with E-state index >= 15 is 0 Å². The zero-order valence-corrected chi connectivity index (χ0v) is 14.1. The summed E-state index contributed by atoms with van der Waals surface area (Å²) in [5.74, 6) is -0.994. The van der Waals surface area contributed by atoms with Gasteiger partial charge in [0, 0.05) is 34.1 Å². The first kappa shape index (κ1) is 15.4. The maximum atomic E-state index is 11.5. The lowest BCUT2D eigenvalue weighted by Gasteiger charge is -2.10. The molecule has 0 bridgehead atoms. The minimum atomic E-state index is -0.994. The highest BCUT2D eigenvalue weighted by Crippen LogP contribution is 2.31. The SMILES string of the molecule is O=C(O)c1ccc(-c2ccc3ccc4cccnc4c3n2)c2cccnc12. The summed E-state index contributed by atoms with van der Waals surface area (Å²) in [7, 11) is 0. The Kier molecular flexibility index (Phi) is 3.33. The van der Waals surface area contributed by atoms with E-state index in [1.54, 1.807) is 30.6 Å². The van der Waals surface area contributed by atoms with Crippen LogP contribution in [0.2, 0.25) is 0 Å². The fraction of sp³-hybridized carbons (Fsp3) is 0. The van der Waals surface area contributed by atoms with Crippen LogP contribution in [0.3, 0.4) is 0 Å². The van der Waals surface area contributed by atoms with Crippen LogP contribution in [0, 0.1) is 0 Å². The first-order valence-electron chi connectivity index (χ1n) is 8.48. The second-order valence-corrected chi connectivity index (χ2v) is 6.27. The van der Waals surface area contributed by atoms with Crippen molar-refractivity contribution >= 4 is 38.7 Å². The van der Waals surface area contributed by atoms with Gasteiger partial charge in [0.25, 0.3) is 0 Å². The van der Waals surface area contributed by atoms with Crippen molar-refractivity contribution in [1.29, 1.82) is 0 Å². The van der Waals surface area contributed by atoms with Gasteiger partial charge in [-0.1, -0.05) is 36.4 Å². The lowest BCUT2D eigenvalue weighted by Crippen LogP contribution is -2.00. The van der Waals surface area contributed by atoms with Gasteiger partial charge in [-0.05, 0) is 24.3 Å². The van der Waals surface area contributed by atoms with Crippen LogP contribution in [0.1, 0.15) is 10.4 Å². The summed E-state index contributed by atoms with van der Waals surface area (Å²) >= 11 is 0. The Hall–Kier alpha value is -3.86. The Morgan fingerprint density at radius 3 is 2.26 bits per heavy atom. The molecule has 27 heavy (non-hydrogen) atoms. The van der Waals surface area contributed by atoms with Crippen molar-refractivity contribution in [3.05, 3.63) is 78.6 Å². The molecule has 0 spiro atoms. The van der Waals surface area contributed by atoms with Gasteiger partial charge in [0.1, 0.15) is 0 Å². The Balaban J connectivity index is 1.83. The van der Waals surface area contributed by atoms with Crippen LogP contribution >= 0.6 is 0 Å². The maximum absolute atomic E-state index is 11.5. The molecular formula is C22H13N3O2. The second-order valence-electron chi connectivity index (χ2n) is 6.27. The van der Waals surface area contributed by atoms with Crippen LogP contribution in [0.4, 0.5) is 0 Å². The van der Waals surface area contributed by atoms with Crippen molar-refractivity contribution in [2.24, 2.45) is 0 Å². The van der Waals surface area contributed by atoms with Crippen LogP contribution < -0.4 is 0 Å². The molecule has 128 valence electrons. The van der Waals surface area contributed by atoms with Gasteiger partial charge in [0.2, 0.25) is 0 Å². The third kappa shape index (κ3) is 2.40. The zero-order valence-electron chi connectivity index (χ0n) is 14.1. The van der Waals surface area contributed by atoms with E-state index in [0.717, 1.165) is 38.4 Å². The highest BCUT2D eigenvalue weighted by atomic mass is 16.4. The molecule has 0 aliphatic heterocycles. The third-order valence-electron chi connectivity index (χ3n) is 4.71. The highest BCUT2D eigenvalue weighted by Gasteiger charge is 2.14. The number of benzene rings is 2. The number of hydrogen-bond donors (Lipinski definition) is 1. The van der Waals surface area contributed by atoms with Gasteiger partial charge in [0.15, 0.2) is 0 Å². The molecule has 5 nitrogen and oxygen atoms in total. The number of fused-ring (bicyclic) bond motifs is 4. The lowest BCUT2D eigenvalue weighted by atomic mass is 10.0. The van der Waals surface area contributed by atoms with E-state index in [4.69, 9.17) is 4.98 Å². The molecule has 0 amide bonds. The van der Waals surface area contributed by atoms with E-state index in [0.29, 0.717) is 5.52 Å². The molecule has 0 unspecified atom stereocenters. The van der Waals surface area contributed by atoms with Crippen LogP contribution in [0.15, 0.2) is 73.1 Å². The smallest absolute Gasteiger partial charge is 0.337 e. The van der Waals surface area contributed by atoms with Gasteiger partial charge in [-0.2, -0.15) is 0 Å². The van der Waals surface area contributed by atoms with Gasteiger partial charge >= 0.3 is 5.97 Å². The predicted molar refractivity (Wildman–Crippen MR) is 105 cm³/mol. The largest absolute Gasteiger partial charge is 0.478 e. The predicted octanol–water partition coefficient (Wildman–Crippen LogP) is 4.70. The Labute approximate surface area is 154 Å². The number of carboxylic acid groups (broad SMARTS) is 1. The van der Waals surface area contributed by atoms with Gasteiger partial charge < -0.3 is 5.11 Å². The number of rotatable bonds is 2. The van der Waals surface area contributed by atoms with Crippen molar-refractivity contribution < 1.29 is 9.90 Å². The molecule has 0 saturated heterocycles. The molecular weight excluding hydrogens is 338 g/mol. The lowest BCUT2D eigenvalue weighted by molar-refractivity contribution is 0.0699. The monoisotopic (exact) mass is 351 g/mol. The molecule has 5 heteroatoms. The summed E-state index contributed by atoms with van der Waals surface area (Å²) in [6.45, 7) is 0. The number of hydrogen-bond acceptors (Lipinski definition) is 4. The molecule has 3 aromatic heterocycles. The number of nitrogens with zero attached hydrogens (tertiary/aromatic N) is 3. The number of carbonyl (C=O) groups is 1. The fourth-order valence-corrected chi connectivity index (χ4v) is 3.44. The van der Waals surface area contributed by atoms with Gasteiger partial charge in [-0.25, -0.2) is 9.78 Å². The Morgan fingerprint density at radius 1 is 0.741 bits per heavy atom. The van der Waals surface area contributed by atoms with E-state index in [1.807, 2.05) is 42.5 Å². The van der Waals surface area contributed by atoms with Crippen LogP contribution in [-0.2, 0) is 0 Å². The van der Waals surface area contributed by atoms with Crippen molar-refractivity contribution in [3.8, 4) is 11.3 Å². The summed E-state index contributed by atoms with van der Waals surface area (Å²) in [5, 5.41) is 12.2. The molecule has 1 N–H and O–H groups in total. The van der Waals surface area contributed by atoms with Crippen LogP contribution in [0.25, 0.3) is 44.0 Å². The van der Waals surface area contributed by atoms with Crippen molar-refractivity contribution in [2.45, 2.75) is 0 Å². The first-order valence-corrected chi connectivity index (χ1v) is 8.48. The van der Waals surface area contributed by atoms with Crippen LogP contribution in [-0.4, -0.2) is 26.0 Å². The summed E-state index contributed by atoms with van der Waals surface area (Å²) in [6.07, 6.45) is 3.36. The van der Waals surface area contributed by atoms with Crippen LogP contribution in [0.5, 0.6) is 0 Å². The van der Waals surface area contributed by atoms with E-state index < -0.39 is 5.97 Å². The number of carboxylic acids is 1. The maximum Gasteiger partial charge on any atom is 0.337 e. The zero-order chi connectivity index (χ0) is 18.4. The Bertz CT molecular complexity index is 1360. The van der Waals surface area contributed by atoms with E-state index in [9.17, 15) is 9.90 Å². The summed E-state index contributed by atoms with van der Waals surface area (Å²) in [5.41, 5.74) is 3.92. The molecule has 0 saturated carbocycles. The summed E-state index contributed by atoms with van der Waals surface area (Å²) in [6, 6.07) is 19.0. The topological polar surface area (TPSA) is 76.0 Å². The highest BCUT2D eigenvalue weighted by molar-refractivity contribution is 6.08. The van der Waals surface area contributed by atoms with E-state index in [1.165, 1.54) is 0 Å². The fourth-order valence-electron chi connectivity index (χ4n) is 3.44. The normalized spacial score (nSPS) is 11.3. The molecule has 5 rings (SSSR count). The van der Waals surface area contributed by atoms with Gasteiger partial charge in [-0.3, -0.25) is 9.97 Å². The molecule has 0 radical (unpaired) electrons. The molecule has 0 aliphatic rings. The minimum Gasteiger partial charge on any atom is -0.478 e. The molecule has 0 fully saturated rings. The molecule has 0 aliphatic carbocycles. The molecule has 0 atom stereocenters. The average molecular weight is 351 g/mol. The standard InChI is InChI=1S/C22H13N3O2/c26-22(27)17-9-8-15(16-4-2-12-24-21(16)17)18-10-7-14-6-5-13-3-1-11-23-19(13)20(14)25-18/h1-12H,(H,26,27). The summed E-state index contributed by atoms with van der Waals surface area (Å²) in [4.78, 5) is 25.2. The first-order chi connectivity index (χ1) is 13.2. The third-order valence-corrected chi connectivity index (χ3v) is 4.71. The molecule has 5 aromatic rings. The van der Waals surface area contributed by atoms with Crippen molar-refractivity contribution in [2.75, 3.05) is 0 Å². The Morgan fingerprint density at radius 2 is 1.44 bits per heavy atom. The van der Waals surface area contributed by atoms with Gasteiger partial charge in [0.05, 0.1) is 27.8 Å². The number of aromatic nitrogens is 3. The summed E-state index contributed by atoms with van der Waals surface area (Å²) < 4.78 is 0. The minimum absolute atomic E-state index is 0.183. The van der Waals surface area contributed by atoms with Crippen molar-refractivity contribution in [1.82, 2.24) is 15.0 Å². The second kappa shape index (κ2) is 5.85. The number of pyridine rings is 3. The number of aromatic carboxylic acids is 1. The van der Waals surface area contributed by atoms with E-state index in [2.05, 4.69) is 9.97 Å². The molecule has 2 aromatic carbocycles. The van der Waals surface area contributed by atoms with E-state index in [-0.39, 0.29) is 5.56 Å². The quantitative estimate of drug-likeness (QED) is 0.467.